The zero-order valence-corrected chi connectivity index (χ0v) is 18.5. The predicted octanol–water partition coefficient (Wildman–Crippen LogP) is 3.94. The van der Waals surface area contributed by atoms with Gasteiger partial charge in [0.15, 0.2) is 12.0 Å². The van der Waals surface area contributed by atoms with E-state index in [9.17, 15) is 14.9 Å². The SMILES string of the molecule is O=c1c2ccccc2c(-c2ccc3ocnc3c2)nn1-c1cc(N2CCOCC2)ccc1[N+](=O)[O-]. The molecule has 1 fully saturated rings. The number of morpholine rings is 1. The van der Waals surface area contributed by atoms with E-state index in [1.807, 2.05) is 24.3 Å². The Bertz CT molecular complexity index is 1650. The van der Waals surface area contributed by atoms with Gasteiger partial charge in [0.25, 0.3) is 11.2 Å². The second kappa shape index (κ2) is 8.33. The van der Waals surface area contributed by atoms with Gasteiger partial charge >= 0.3 is 0 Å². The standard InChI is InChI=1S/C25H19N5O5/c31-25-19-4-2-1-3-18(19)24(16-5-8-23-20(13-16)26-15-35-23)27-29(25)22-14-17(6-7-21(22)30(32)33)28-9-11-34-12-10-28/h1-8,13-15H,9-12H2. The number of nitrogens with zero attached hydrogens (tertiary/aromatic N) is 5. The molecule has 0 atom stereocenters. The summed E-state index contributed by atoms with van der Waals surface area (Å²) in [6.07, 6.45) is 1.36. The fourth-order valence-electron chi connectivity index (χ4n) is 4.43. The molecule has 3 heterocycles. The Labute approximate surface area is 198 Å². The summed E-state index contributed by atoms with van der Waals surface area (Å²) in [5.74, 6) is 0. The fraction of sp³-hybridized carbons (Fsp3) is 0.160. The quantitative estimate of drug-likeness (QED) is 0.287. The van der Waals surface area contributed by atoms with Crippen LogP contribution in [0, 0.1) is 10.1 Å². The lowest BCUT2D eigenvalue weighted by atomic mass is 10.0. The van der Waals surface area contributed by atoms with E-state index in [2.05, 4.69) is 15.0 Å². The Morgan fingerprint density at radius 2 is 1.77 bits per heavy atom. The van der Waals surface area contributed by atoms with Crippen molar-refractivity contribution in [3.05, 3.63) is 87.5 Å². The first-order valence-electron chi connectivity index (χ1n) is 11.1. The van der Waals surface area contributed by atoms with E-state index in [-0.39, 0.29) is 11.4 Å². The van der Waals surface area contributed by atoms with E-state index < -0.39 is 10.5 Å². The molecule has 5 aromatic rings. The molecule has 1 aliphatic rings. The summed E-state index contributed by atoms with van der Waals surface area (Å²) in [5.41, 5.74) is 2.73. The van der Waals surface area contributed by atoms with Crippen LogP contribution in [0.4, 0.5) is 11.4 Å². The molecular weight excluding hydrogens is 450 g/mol. The van der Waals surface area contributed by atoms with Gasteiger partial charge in [-0.15, -0.1) is 0 Å². The highest BCUT2D eigenvalue weighted by Gasteiger charge is 2.23. The highest BCUT2D eigenvalue weighted by molar-refractivity contribution is 5.95. The molecule has 0 spiro atoms. The Kier molecular flexibility index (Phi) is 5.00. The Morgan fingerprint density at radius 3 is 2.57 bits per heavy atom. The van der Waals surface area contributed by atoms with Crippen LogP contribution in [0.2, 0.25) is 0 Å². The van der Waals surface area contributed by atoms with Crippen molar-refractivity contribution >= 4 is 33.2 Å². The van der Waals surface area contributed by atoms with E-state index in [4.69, 9.17) is 9.15 Å². The number of nitro benzene ring substituents is 1. The third-order valence-electron chi connectivity index (χ3n) is 6.17. The molecule has 0 amide bonds. The smallest absolute Gasteiger partial charge is 0.295 e. The summed E-state index contributed by atoms with van der Waals surface area (Å²) in [4.78, 5) is 31.3. The van der Waals surface area contributed by atoms with Crippen molar-refractivity contribution in [1.82, 2.24) is 14.8 Å². The van der Waals surface area contributed by atoms with Crippen LogP contribution < -0.4 is 10.5 Å². The number of hydrogen-bond donors (Lipinski definition) is 0. The summed E-state index contributed by atoms with van der Waals surface area (Å²) in [5, 5.41) is 17.6. The van der Waals surface area contributed by atoms with Gasteiger partial charge in [-0.2, -0.15) is 9.78 Å². The summed E-state index contributed by atoms with van der Waals surface area (Å²) >= 11 is 0. The van der Waals surface area contributed by atoms with E-state index in [0.29, 0.717) is 59.4 Å². The van der Waals surface area contributed by atoms with Crippen molar-refractivity contribution in [2.45, 2.75) is 0 Å². The number of fused-ring (bicyclic) bond motifs is 2. The van der Waals surface area contributed by atoms with Crippen molar-refractivity contribution in [3.63, 3.8) is 0 Å². The summed E-state index contributed by atoms with van der Waals surface area (Å²) in [7, 11) is 0. The largest absolute Gasteiger partial charge is 0.443 e. The topological polar surface area (TPSA) is 117 Å². The van der Waals surface area contributed by atoms with Gasteiger partial charge in [0.2, 0.25) is 0 Å². The summed E-state index contributed by atoms with van der Waals surface area (Å²) < 4.78 is 11.9. The monoisotopic (exact) mass is 469 g/mol. The number of rotatable bonds is 4. The van der Waals surface area contributed by atoms with Crippen molar-refractivity contribution in [3.8, 4) is 16.9 Å². The molecule has 2 aromatic heterocycles. The molecule has 0 radical (unpaired) electrons. The average Bonchev–Trinajstić information content (AvgIpc) is 3.37. The highest BCUT2D eigenvalue weighted by Crippen LogP contribution is 2.31. The number of nitro groups is 1. The van der Waals surface area contributed by atoms with Crippen LogP contribution in [-0.2, 0) is 4.74 Å². The fourth-order valence-corrected chi connectivity index (χ4v) is 4.43. The number of hydrogen-bond acceptors (Lipinski definition) is 8. The van der Waals surface area contributed by atoms with Gasteiger partial charge < -0.3 is 14.1 Å². The van der Waals surface area contributed by atoms with Crippen molar-refractivity contribution in [1.29, 1.82) is 0 Å². The molecule has 0 unspecified atom stereocenters. The van der Waals surface area contributed by atoms with Gasteiger partial charge in [0.1, 0.15) is 11.2 Å². The van der Waals surface area contributed by atoms with Crippen LogP contribution in [0.3, 0.4) is 0 Å². The minimum absolute atomic E-state index is 0.110. The van der Waals surface area contributed by atoms with E-state index in [1.165, 1.54) is 12.5 Å². The molecule has 0 saturated carbocycles. The maximum atomic E-state index is 13.6. The Morgan fingerprint density at radius 1 is 0.971 bits per heavy atom. The molecule has 1 aliphatic heterocycles. The molecular formula is C25H19N5O5. The second-order valence-corrected chi connectivity index (χ2v) is 8.18. The van der Waals surface area contributed by atoms with Crippen LogP contribution in [-0.4, -0.2) is 46.0 Å². The summed E-state index contributed by atoms with van der Waals surface area (Å²) in [6.45, 7) is 2.44. The lowest BCUT2D eigenvalue weighted by Gasteiger charge is -2.29. The highest BCUT2D eigenvalue weighted by atomic mass is 16.6. The number of oxazole rings is 1. The maximum Gasteiger partial charge on any atom is 0.295 e. The normalized spacial score (nSPS) is 14.0. The first-order valence-corrected chi connectivity index (χ1v) is 11.1. The molecule has 35 heavy (non-hydrogen) atoms. The number of aromatic nitrogens is 3. The van der Waals surface area contributed by atoms with Gasteiger partial charge in [0.05, 0.1) is 29.2 Å². The number of ether oxygens (including phenoxy) is 1. The predicted molar refractivity (Wildman–Crippen MR) is 130 cm³/mol. The average molecular weight is 469 g/mol. The zero-order valence-electron chi connectivity index (χ0n) is 18.5. The van der Waals surface area contributed by atoms with Gasteiger partial charge in [0, 0.05) is 35.8 Å². The van der Waals surface area contributed by atoms with Crippen molar-refractivity contribution < 1.29 is 14.1 Å². The van der Waals surface area contributed by atoms with Gasteiger partial charge in [-0.25, -0.2) is 4.98 Å². The van der Waals surface area contributed by atoms with Crippen LogP contribution >= 0.6 is 0 Å². The molecule has 1 saturated heterocycles. The molecule has 3 aromatic carbocycles. The van der Waals surface area contributed by atoms with Crippen LogP contribution in [0.5, 0.6) is 0 Å². The van der Waals surface area contributed by atoms with E-state index in [0.717, 1.165) is 10.4 Å². The molecule has 10 nitrogen and oxygen atoms in total. The first-order chi connectivity index (χ1) is 17.1. The number of benzene rings is 3. The number of anilines is 1. The van der Waals surface area contributed by atoms with Crippen molar-refractivity contribution in [2.24, 2.45) is 0 Å². The van der Waals surface area contributed by atoms with E-state index in [1.54, 1.807) is 30.3 Å². The van der Waals surface area contributed by atoms with Crippen LogP contribution in [0.1, 0.15) is 0 Å². The van der Waals surface area contributed by atoms with E-state index >= 15 is 0 Å². The molecule has 10 heteroatoms. The molecule has 0 N–H and O–H groups in total. The Hall–Kier alpha value is -4.57. The molecule has 0 bridgehead atoms. The molecule has 0 aliphatic carbocycles. The Balaban J connectivity index is 1.61. The van der Waals surface area contributed by atoms with Gasteiger partial charge in [-0.05, 0) is 36.4 Å². The zero-order chi connectivity index (χ0) is 23.9. The summed E-state index contributed by atoms with van der Waals surface area (Å²) in [6, 6.07) is 17.3. The van der Waals surface area contributed by atoms with Gasteiger partial charge in [-0.1, -0.05) is 18.2 Å². The lowest BCUT2D eigenvalue weighted by molar-refractivity contribution is -0.384. The molecule has 6 rings (SSSR count). The minimum atomic E-state index is -0.497. The first kappa shape index (κ1) is 21.0. The van der Waals surface area contributed by atoms with Crippen LogP contribution in [0.15, 0.2) is 76.3 Å². The lowest BCUT2D eigenvalue weighted by Crippen LogP contribution is -2.36. The minimum Gasteiger partial charge on any atom is -0.443 e. The third-order valence-corrected chi connectivity index (χ3v) is 6.17. The van der Waals surface area contributed by atoms with Gasteiger partial charge in [-0.3, -0.25) is 14.9 Å². The second-order valence-electron chi connectivity index (χ2n) is 8.18. The third kappa shape index (κ3) is 3.60. The maximum absolute atomic E-state index is 13.6. The van der Waals surface area contributed by atoms with Crippen molar-refractivity contribution in [2.75, 3.05) is 31.2 Å². The van der Waals surface area contributed by atoms with Crippen LogP contribution in [0.25, 0.3) is 38.8 Å². The molecule has 174 valence electrons.